The summed E-state index contributed by atoms with van der Waals surface area (Å²) in [4.78, 5) is 0. The van der Waals surface area contributed by atoms with Gasteiger partial charge in [0.05, 0.1) is 5.02 Å². The number of halogens is 2. The molecule has 4 heteroatoms. The zero-order valence-corrected chi connectivity index (χ0v) is 12.0. The van der Waals surface area contributed by atoms with Crippen molar-refractivity contribution in [3.63, 3.8) is 0 Å². The third-order valence-electron chi connectivity index (χ3n) is 3.07. The summed E-state index contributed by atoms with van der Waals surface area (Å²) in [5, 5.41) is 0.0491. The molecule has 0 aliphatic rings. The van der Waals surface area contributed by atoms with E-state index in [1.807, 2.05) is 24.3 Å². The average molecular weight is 294 g/mol. The van der Waals surface area contributed by atoms with E-state index >= 15 is 0 Å². The SMILES string of the molecule is CCC(N)Cc1ccc(Oc2ccc(F)c(Cl)c2)cc1. The van der Waals surface area contributed by atoms with Crippen molar-refractivity contribution < 1.29 is 9.13 Å². The molecular formula is C16H17ClFNO. The van der Waals surface area contributed by atoms with Crippen LogP contribution in [0.25, 0.3) is 0 Å². The quantitative estimate of drug-likeness (QED) is 0.877. The van der Waals surface area contributed by atoms with Gasteiger partial charge in [-0.15, -0.1) is 0 Å². The van der Waals surface area contributed by atoms with Gasteiger partial charge in [-0.2, -0.15) is 0 Å². The average Bonchev–Trinajstić information content (AvgIpc) is 2.45. The smallest absolute Gasteiger partial charge is 0.142 e. The molecule has 0 bridgehead atoms. The molecule has 20 heavy (non-hydrogen) atoms. The molecule has 2 rings (SSSR count). The van der Waals surface area contributed by atoms with E-state index in [0.717, 1.165) is 12.8 Å². The zero-order valence-electron chi connectivity index (χ0n) is 11.3. The number of benzene rings is 2. The summed E-state index contributed by atoms with van der Waals surface area (Å²) in [5.74, 6) is 0.735. The molecule has 1 atom stereocenters. The van der Waals surface area contributed by atoms with Crippen LogP contribution in [0.4, 0.5) is 4.39 Å². The van der Waals surface area contributed by atoms with Crippen LogP contribution in [0.1, 0.15) is 18.9 Å². The summed E-state index contributed by atoms with van der Waals surface area (Å²) in [6, 6.07) is 12.2. The molecule has 1 unspecified atom stereocenters. The molecule has 2 N–H and O–H groups in total. The Morgan fingerprint density at radius 2 is 1.80 bits per heavy atom. The van der Waals surface area contributed by atoms with E-state index < -0.39 is 5.82 Å². The van der Waals surface area contributed by atoms with Crippen LogP contribution in [-0.2, 0) is 6.42 Å². The van der Waals surface area contributed by atoms with Crippen LogP contribution in [0.3, 0.4) is 0 Å². The molecule has 0 saturated heterocycles. The highest BCUT2D eigenvalue weighted by Gasteiger charge is 2.04. The van der Waals surface area contributed by atoms with Crippen molar-refractivity contribution in [3.8, 4) is 11.5 Å². The topological polar surface area (TPSA) is 35.2 Å². The van der Waals surface area contributed by atoms with Crippen LogP contribution < -0.4 is 10.5 Å². The Balaban J connectivity index is 2.04. The summed E-state index contributed by atoms with van der Waals surface area (Å²) in [7, 11) is 0. The Bertz CT molecular complexity index is 571. The van der Waals surface area contributed by atoms with Gasteiger partial charge < -0.3 is 10.5 Å². The monoisotopic (exact) mass is 293 g/mol. The first kappa shape index (κ1) is 14.8. The summed E-state index contributed by atoms with van der Waals surface area (Å²) in [6.45, 7) is 2.07. The fraction of sp³-hybridized carbons (Fsp3) is 0.250. The van der Waals surface area contributed by atoms with Crippen LogP contribution >= 0.6 is 11.6 Å². The van der Waals surface area contributed by atoms with Gasteiger partial charge >= 0.3 is 0 Å². The third-order valence-corrected chi connectivity index (χ3v) is 3.36. The Kier molecular flexibility index (Phi) is 4.99. The van der Waals surface area contributed by atoms with Gasteiger partial charge in [-0.3, -0.25) is 0 Å². The van der Waals surface area contributed by atoms with E-state index in [2.05, 4.69) is 6.92 Å². The standard InChI is InChI=1S/C16H17ClFNO/c1-2-12(19)9-11-3-5-13(6-4-11)20-14-7-8-16(18)15(17)10-14/h3-8,10,12H,2,9,19H2,1H3. The molecule has 106 valence electrons. The number of ether oxygens (including phenoxy) is 1. The Morgan fingerprint density at radius 3 is 2.40 bits per heavy atom. The van der Waals surface area contributed by atoms with Crippen LogP contribution in [0.15, 0.2) is 42.5 Å². The van der Waals surface area contributed by atoms with E-state index in [-0.39, 0.29) is 11.1 Å². The molecule has 0 heterocycles. The van der Waals surface area contributed by atoms with Crippen molar-refractivity contribution in [2.75, 3.05) is 0 Å². The molecule has 0 aliphatic carbocycles. The van der Waals surface area contributed by atoms with Crippen LogP contribution in [0.5, 0.6) is 11.5 Å². The van der Waals surface area contributed by atoms with Crippen molar-refractivity contribution in [1.82, 2.24) is 0 Å². The zero-order chi connectivity index (χ0) is 14.5. The van der Waals surface area contributed by atoms with Gasteiger partial charge in [0.15, 0.2) is 0 Å². The first-order valence-corrected chi connectivity index (χ1v) is 6.93. The fourth-order valence-corrected chi connectivity index (χ4v) is 1.99. The number of hydrogen-bond acceptors (Lipinski definition) is 2. The maximum atomic E-state index is 13.0. The molecule has 0 aromatic heterocycles. The van der Waals surface area contributed by atoms with Crippen LogP contribution in [0.2, 0.25) is 5.02 Å². The first-order valence-electron chi connectivity index (χ1n) is 6.56. The molecule has 2 nitrogen and oxygen atoms in total. The van der Waals surface area contributed by atoms with Gasteiger partial charge in [0, 0.05) is 12.1 Å². The minimum Gasteiger partial charge on any atom is -0.457 e. The van der Waals surface area contributed by atoms with E-state index in [9.17, 15) is 4.39 Å². The molecule has 0 saturated carbocycles. The number of nitrogens with two attached hydrogens (primary N) is 1. The Morgan fingerprint density at radius 1 is 1.15 bits per heavy atom. The van der Waals surface area contributed by atoms with Gasteiger partial charge in [-0.25, -0.2) is 4.39 Å². The minimum absolute atomic E-state index is 0.0491. The number of hydrogen-bond donors (Lipinski definition) is 1. The summed E-state index contributed by atoms with van der Waals surface area (Å²) < 4.78 is 18.7. The second-order valence-electron chi connectivity index (χ2n) is 4.69. The van der Waals surface area contributed by atoms with E-state index in [1.165, 1.54) is 17.7 Å². The lowest BCUT2D eigenvalue weighted by Crippen LogP contribution is -2.21. The molecule has 0 amide bonds. The normalized spacial score (nSPS) is 12.2. The number of rotatable bonds is 5. The fourth-order valence-electron chi connectivity index (χ4n) is 1.82. The lowest BCUT2D eigenvalue weighted by Gasteiger charge is -2.10. The molecule has 0 spiro atoms. The van der Waals surface area contributed by atoms with Gasteiger partial charge in [0.2, 0.25) is 0 Å². The van der Waals surface area contributed by atoms with Crippen LogP contribution in [-0.4, -0.2) is 6.04 Å². The van der Waals surface area contributed by atoms with Gasteiger partial charge in [-0.1, -0.05) is 30.7 Å². The van der Waals surface area contributed by atoms with Crippen molar-refractivity contribution in [1.29, 1.82) is 0 Å². The summed E-state index contributed by atoms with van der Waals surface area (Å²) in [6.07, 6.45) is 1.80. The predicted octanol–water partition coefficient (Wildman–Crippen LogP) is 4.55. The Labute approximate surface area is 123 Å². The van der Waals surface area contributed by atoms with Gasteiger partial charge in [0.25, 0.3) is 0 Å². The molecule has 0 fully saturated rings. The highest BCUT2D eigenvalue weighted by Crippen LogP contribution is 2.26. The minimum atomic E-state index is -0.456. The van der Waals surface area contributed by atoms with Crippen molar-refractivity contribution in [2.45, 2.75) is 25.8 Å². The maximum Gasteiger partial charge on any atom is 0.142 e. The summed E-state index contributed by atoms with van der Waals surface area (Å²) in [5.41, 5.74) is 7.09. The van der Waals surface area contributed by atoms with E-state index in [1.54, 1.807) is 6.07 Å². The lowest BCUT2D eigenvalue weighted by molar-refractivity contribution is 0.480. The van der Waals surface area contributed by atoms with Crippen molar-refractivity contribution in [3.05, 3.63) is 58.9 Å². The second-order valence-corrected chi connectivity index (χ2v) is 5.10. The van der Waals surface area contributed by atoms with Crippen LogP contribution in [0, 0.1) is 5.82 Å². The molecule has 0 aliphatic heterocycles. The highest BCUT2D eigenvalue weighted by molar-refractivity contribution is 6.30. The van der Waals surface area contributed by atoms with E-state index in [0.29, 0.717) is 11.5 Å². The largest absolute Gasteiger partial charge is 0.457 e. The van der Waals surface area contributed by atoms with Gasteiger partial charge in [0.1, 0.15) is 17.3 Å². The third kappa shape index (κ3) is 3.95. The molecular weight excluding hydrogens is 277 g/mol. The molecule has 0 radical (unpaired) electrons. The molecule has 2 aromatic rings. The maximum absolute atomic E-state index is 13.0. The summed E-state index contributed by atoms with van der Waals surface area (Å²) >= 11 is 5.71. The first-order chi connectivity index (χ1) is 9.58. The van der Waals surface area contributed by atoms with Gasteiger partial charge in [-0.05, 0) is 42.7 Å². The van der Waals surface area contributed by atoms with Crippen molar-refractivity contribution in [2.24, 2.45) is 5.73 Å². The Hall–Kier alpha value is -1.58. The lowest BCUT2D eigenvalue weighted by atomic mass is 10.0. The van der Waals surface area contributed by atoms with E-state index in [4.69, 9.17) is 22.1 Å². The second kappa shape index (κ2) is 6.73. The molecule has 2 aromatic carbocycles. The van der Waals surface area contributed by atoms with Crippen molar-refractivity contribution >= 4 is 11.6 Å². The predicted molar refractivity (Wildman–Crippen MR) is 79.9 cm³/mol. The highest BCUT2D eigenvalue weighted by atomic mass is 35.5.